The Morgan fingerprint density at radius 1 is 1.07 bits per heavy atom. The molecule has 4 nitrogen and oxygen atoms in total. The summed E-state index contributed by atoms with van der Waals surface area (Å²) in [4.78, 5) is 11.5. The summed E-state index contributed by atoms with van der Waals surface area (Å²) in [6.45, 7) is 2.05. The van der Waals surface area contributed by atoms with Crippen LogP contribution in [0.15, 0.2) is 54.6 Å². The summed E-state index contributed by atoms with van der Waals surface area (Å²) in [5.74, 6) is -0.472. The van der Waals surface area contributed by atoms with Crippen LogP contribution in [-0.2, 0) is 17.5 Å². The zero-order chi connectivity index (χ0) is 19.6. The van der Waals surface area contributed by atoms with Crippen LogP contribution in [0.5, 0.6) is 0 Å². The molecule has 0 spiro atoms. The van der Waals surface area contributed by atoms with Crippen LogP contribution in [0.2, 0.25) is 0 Å². The molecule has 0 unspecified atom stereocenters. The highest BCUT2D eigenvalue weighted by Gasteiger charge is 2.35. The normalized spacial score (nSPS) is 11.4. The zero-order valence-electron chi connectivity index (χ0n) is 14.7. The first-order chi connectivity index (χ1) is 12.8. The molecule has 0 saturated heterocycles. The fraction of sp³-hybridized carbons (Fsp3) is 0.200. The van der Waals surface area contributed by atoms with Crippen molar-refractivity contribution in [2.24, 2.45) is 0 Å². The van der Waals surface area contributed by atoms with Gasteiger partial charge in [0.25, 0.3) is 0 Å². The number of hydrogen-bond acceptors (Lipinski definition) is 3. The van der Waals surface area contributed by atoms with Gasteiger partial charge in [0.1, 0.15) is 0 Å². The van der Waals surface area contributed by atoms with Crippen LogP contribution >= 0.6 is 0 Å². The largest absolute Gasteiger partial charge is 0.465 e. The van der Waals surface area contributed by atoms with Gasteiger partial charge in [0.15, 0.2) is 5.69 Å². The molecule has 27 heavy (non-hydrogen) atoms. The third-order valence-corrected chi connectivity index (χ3v) is 4.13. The fourth-order valence-electron chi connectivity index (χ4n) is 2.67. The molecular weight excluding hydrogens is 357 g/mol. The second-order valence-electron chi connectivity index (χ2n) is 6.12. The van der Waals surface area contributed by atoms with Crippen LogP contribution in [0.25, 0.3) is 11.3 Å². The summed E-state index contributed by atoms with van der Waals surface area (Å²) in [5, 5.41) is 3.75. The van der Waals surface area contributed by atoms with Crippen molar-refractivity contribution in [2.45, 2.75) is 19.6 Å². The van der Waals surface area contributed by atoms with E-state index in [9.17, 15) is 18.0 Å². The summed E-state index contributed by atoms with van der Waals surface area (Å²) >= 11 is 0. The van der Waals surface area contributed by atoms with Gasteiger partial charge < -0.3 is 4.74 Å². The first-order valence-corrected chi connectivity index (χ1v) is 8.17. The first-order valence-electron chi connectivity index (χ1n) is 8.17. The lowest BCUT2D eigenvalue weighted by molar-refractivity contribution is -0.141. The number of alkyl halides is 3. The van der Waals surface area contributed by atoms with Gasteiger partial charge in [-0.05, 0) is 36.2 Å². The zero-order valence-corrected chi connectivity index (χ0v) is 14.7. The van der Waals surface area contributed by atoms with Gasteiger partial charge in [-0.15, -0.1) is 0 Å². The van der Waals surface area contributed by atoms with Crippen LogP contribution in [0.4, 0.5) is 13.2 Å². The number of hydrogen-bond donors (Lipinski definition) is 0. The predicted octanol–water partition coefficient (Wildman–Crippen LogP) is 4.71. The van der Waals surface area contributed by atoms with Gasteiger partial charge in [-0.1, -0.05) is 42.0 Å². The topological polar surface area (TPSA) is 44.1 Å². The molecule has 0 atom stereocenters. The molecule has 1 heterocycles. The summed E-state index contributed by atoms with van der Waals surface area (Å²) < 4.78 is 45.4. The number of nitrogens with zero attached hydrogens (tertiary/aromatic N) is 2. The number of rotatable bonds is 4. The molecule has 0 aliphatic heterocycles. The van der Waals surface area contributed by atoms with Crippen molar-refractivity contribution in [2.75, 3.05) is 7.11 Å². The monoisotopic (exact) mass is 374 g/mol. The number of aryl methyl sites for hydroxylation is 1. The third kappa shape index (κ3) is 4.19. The van der Waals surface area contributed by atoms with E-state index in [-0.39, 0.29) is 6.54 Å². The lowest BCUT2D eigenvalue weighted by atomic mass is 10.1. The minimum absolute atomic E-state index is 0.140. The Balaban J connectivity index is 1.97. The van der Waals surface area contributed by atoms with Crippen molar-refractivity contribution in [3.8, 4) is 11.3 Å². The molecule has 3 aromatic rings. The summed E-state index contributed by atoms with van der Waals surface area (Å²) in [7, 11) is 1.28. The number of carbonyl (C=O) groups is 1. The molecule has 2 aromatic carbocycles. The average Bonchev–Trinajstić information content (AvgIpc) is 3.06. The lowest BCUT2D eigenvalue weighted by Gasteiger charge is -2.09. The van der Waals surface area contributed by atoms with E-state index in [1.807, 2.05) is 19.1 Å². The standard InChI is InChI=1S/C20H17F3N2O2/c1-13-3-7-15(8-4-13)17-11-18(20(21,22)23)24-25(17)12-14-5-9-16(10-6-14)19(26)27-2/h3-11H,12H2,1-2H3. The number of ether oxygens (including phenoxy) is 1. The van der Waals surface area contributed by atoms with E-state index in [4.69, 9.17) is 0 Å². The van der Waals surface area contributed by atoms with E-state index in [1.54, 1.807) is 36.4 Å². The molecule has 7 heteroatoms. The Morgan fingerprint density at radius 2 is 1.70 bits per heavy atom. The predicted molar refractivity (Wildman–Crippen MR) is 94.3 cm³/mol. The first kappa shape index (κ1) is 18.7. The van der Waals surface area contributed by atoms with Gasteiger partial charge >= 0.3 is 12.1 Å². The molecule has 140 valence electrons. The van der Waals surface area contributed by atoms with Gasteiger partial charge in [-0.2, -0.15) is 18.3 Å². The second kappa shape index (κ2) is 7.26. The van der Waals surface area contributed by atoms with Crippen LogP contribution in [-0.4, -0.2) is 22.9 Å². The Hall–Kier alpha value is -3.09. The molecule has 0 bridgehead atoms. The average molecular weight is 374 g/mol. The molecule has 0 amide bonds. The highest BCUT2D eigenvalue weighted by atomic mass is 19.4. The Morgan fingerprint density at radius 3 is 2.26 bits per heavy atom. The van der Waals surface area contributed by atoms with Crippen LogP contribution in [0, 0.1) is 6.92 Å². The minimum Gasteiger partial charge on any atom is -0.465 e. The van der Waals surface area contributed by atoms with Crippen molar-refractivity contribution in [1.82, 2.24) is 9.78 Å². The minimum atomic E-state index is -4.53. The van der Waals surface area contributed by atoms with E-state index in [0.29, 0.717) is 22.4 Å². The van der Waals surface area contributed by atoms with Crippen molar-refractivity contribution in [1.29, 1.82) is 0 Å². The van der Waals surface area contributed by atoms with Crippen molar-refractivity contribution in [3.05, 3.63) is 77.0 Å². The molecule has 1 aromatic heterocycles. The quantitative estimate of drug-likeness (QED) is 0.621. The number of benzene rings is 2. The van der Waals surface area contributed by atoms with E-state index < -0.39 is 17.8 Å². The van der Waals surface area contributed by atoms with Gasteiger partial charge in [0.05, 0.1) is 24.9 Å². The highest BCUT2D eigenvalue weighted by Crippen LogP contribution is 2.32. The molecule has 0 radical (unpaired) electrons. The third-order valence-electron chi connectivity index (χ3n) is 4.13. The number of aromatic nitrogens is 2. The van der Waals surface area contributed by atoms with E-state index in [1.165, 1.54) is 11.8 Å². The summed E-state index contributed by atoms with van der Waals surface area (Å²) in [6.07, 6.45) is -4.53. The van der Waals surface area contributed by atoms with Crippen LogP contribution < -0.4 is 0 Å². The van der Waals surface area contributed by atoms with Crippen LogP contribution in [0.3, 0.4) is 0 Å². The second-order valence-corrected chi connectivity index (χ2v) is 6.12. The Bertz CT molecular complexity index is 943. The molecule has 3 rings (SSSR count). The number of esters is 1. The van der Waals surface area contributed by atoms with Gasteiger partial charge in [0.2, 0.25) is 0 Å². The maximum absolute atomic E-state index is 13.2. The SMILES string of the molecule is COC(=O)c1ccc(Cn2nc(C(F)(F)F)cc2-c2ccc(C)cc2)cc1. The van der Waals surface area contributed by atoms with Crippen molar-refractivity contribution in [3.63, 3.8) is 0 Å². The molecule has 0 N–H and O–H groups in total. The van der Waals surface area contributed by atoms with Crippen molar-refractivity contribution >= 4 is 5.97 Å². The Kier molecular flexibility index (Phi) is 5.03. The van der Waals surface area contributed by atoms with Crippen LogP contribution in [0.1, 0.15) is 27.2 Å². The summed E-state index contributed by atoms with van der Waals surface area (Å²) in [5.41, 5.74) is 2.18. The fourth-order valence-corrected chi connectivity index (χ4v) is 2.67. The smallest absolute Gasteiger partial charge is 0.435 e. The number of carbonyl (C=O) groups excluding carboxylic acids is 1. The van der Waals surface area contributed by atoms with E-state index in [2.05, 4.69) is 9.84 Å². The Labute approximate surface area is 154 Å². The van der Waals surface area contributed by atoms with Crippen molar-refractivity contribution < 1.29 is 22.7 Å². The number of methoxy groups -OCH3 is 1. The van der Waals surface area contributed by atoms with E-state index in [0.717, 1.165) is 11.6 Å². The van der Waals surface area contributed by atoms with E-state index >= 15 is 0 Å². The summed E-state index contributed by atoms with van der Waals surface area (Å²) in [6, 6.07) is 14.7. The highest BCUT2D eigenvalue weighted by molar-refractivity contribution is 5.89. The van der Waals surface area contributed by atoms with Gasteiger partial charge in [-0.25, -0.2) is 4.79 Å². The molecule has 0 aliphatic rings. The molecular formula is C20H17F3N2O2. The van der Waals surface area contributed by atoms with Gasteiger partial charge in [-0.3, -0.25) is 4.68 Å². The molecule has 0 aliphatic carbocycles. The van der Waals surface area contributed by atoms with Gasteiger partial charge in [0, 0.05) is 0 Å². The molecule has 0 fully saturated rings. The number of halogens is 3. The maximum atomic E-state index is 13.2. The molecule has 0 saturated carbocycles. The lowest BCUT2D eigenvalue weighted by Crippen LogP contribution is -2.09. The maximum Gasteiger partial charge on any atom is 0.435 e.